The molecule has 0 spiro atoms. The largest absolute Gasteiger partial charge is 0.392 e. The van der Waals surface area contributed by atoms with E-state index in [2.05, 4.69) is 17.5 Å². The van der Waals surface area contributed by atoms with Crippen molar-refractivity contribution in [3.05, 3.63) is 0 Å². The minimum absolute atomic E-state index is 0.00722. The topological polar surface area (TPSA) is 55.1 Å². The van der Waals surface area contributed by atoms with Crippen LogP contribution < -0.4 is 11.1 Å². The van der Waals surface area contributed by atoms with Crippen LogP contribution in [0.4, 0.5) is 0 Å². The number of hydrogen-bond acceptors (Lipinski definition) is 2. The minimum Gasteiger partial charge on any atom is -0.392 e. The van der Waals surface area contributed by atoms with Crippen LogP contribution in [0, 0.1) is 5.92 Å². The van der Waals surface area contributed by atoms with Gasteiger partial charge in [0, 0.05) is 6.42 Å². The molecule has 3 nitrogen and oxygen atoms in total. The summed E-state index contributed by atoms with van der Waals surface area (Å²) in [6.07, 6.45) is 0.530. The number of carbonyl (C=O) groups excluding carboxylic acids is 1. The van der Waals surface area contributed by atoms with E-state index in [1.165, 1.54) is 0 Å². The van der Waals surface area contributed by atoms with E-state index in [-0.39, 0.29) is 5.91 Å². The van der Waals surface area contributed by atoms with Crippen molar-refractivity contribution < 1.29 is 4.79 Å². The highest BCUT2D eigenvalue weighted by atomic mass is 32.1. The van der Waals surface area contributed by atoms with Crippen molar-refractivity contribution in [2.75, 3.05) is 6.54 Å². The van der Waals surface area contributed by atoms with Crippen molar-refractivity contribution in [1.82, 2.24) is 5.32 Å². The second-order valence-electron chi connectivity index (χ2n) is 2.84. The Hall–Kier alpha value is -0.640. The highest BCUT2D eigenvalue weighted by Gasteiger charge is 2.03. The predicted octanol–water partition coefficient (Wildman–Crippen LogP) is 0.435. The normalized spacial score (nSPS) is 9.73. The van der Waals surface area contributed by atoms with Gasteiger partial charge in [-0.15, -0.1) is 0 Å². The molecule has 0 aromatic carbocycles. The van der Waals surface area contributed by atoms with Gasteiger partial charge in [0.2, 0.25) is 5.91 Å². The van der Waals surface area contributed by atoms with Crippen LogP contribution in [0.2, 0.25) is 0 Å². The minimum atomic E-state index is 0.00722. The molecule has 0 saturated heterocycles. The second kappa shape index (κ2) is 5.07. The quantitative estimate of drug-likeness (QED) is 0.608. The third-order valence-electron chi connectivity index (χ3n) is 1.05. The standard InChI is InChI=1S/C7H14N2OS/c1-5(2)3-7(10)9-4-6(8)11/h5H,3-4H2,1-2H3,(H2,8,11)(H,9,10). The third kappa shape index (κ3) is 7.25. The molecule has 0 atom stereocenters. The van der Waals surface area contributed by atoms with Crippen LogP contribution in [0.5, 0.6) is 0 Å². The lowest BCUT2D eigenvalue weighted by atomic mass is 10.1. The van der Waals surface area contributed by atoms with E-state index in [9.17, 15) is 4.79 Å². The van der Waals surface area contributed by atoms with Gasteiger partial charge in [0.25, 0.3) is 0 Å². The van der Waals surface area contributed by atoms with Gasteiger partial charge in [0.1, 0.15) is 0 Å². The van der Waals surface area contributed by atoms with Crippen LogP contribution >= 0.6 is 12.2 Å². The van der Waals surface area contributed by atoms with E-state index in [1.807, 2.05) is 13.8 Å². The summed E-state index contributed by atoms with van der Waals surface area (Å²) >= 11 is 4.59. The zero-order chi connectivity index (χ0) is 8.85. The maximum Gasteiger partial charge on any atom is 0.220 e. The molecule has 0 fully saturated rings. The molecule has 3 N–H and O–H groups in total. The molecule has 11 heavy (non-hydrogen) atoms. The first-order valence-corrected chi connectivity index (χ1v) is 3.98. The summed E-state index contributed by atoms with van der Waals surface area (Å²) in [5.41, 5.74) is 5.19. The summed E-state index contributed by atoms with van der Waals surface area (Å²) in [5.74, 6) is 0.383. The van der Waals surface area contributed by atoms with Gasteiger partial charge in [0.15, 0.2) is 0 Å². The highest BCUT2D eigenvalue weighted by molar-refractivity contribution is 7.80. The Morgan fingerprint density at radius 1 is 1.64 bits per heavy atom. The molecule has 1 amide bonds. The molecule has 0 rings (SSSR count). The van der Waals surface area contributed by atoms with Crippen LogP contribution in [0.25, 0.3) is 0 Å². The summed E-state index contributed by atoms with van der Waals surface area (Å²) in [5, 5.41) is 2.61. The van der Waals surface area contributed by atoms with Gasteiger partial charge >= 0.3 is 0 Å². The Morgan fingerprint density at radius 2 is 2.18 bits per heavy atom. The van der Waals surface area contributed by atoms with Gasteiger partial charge in [-0.3, -0.25) is 4.79 Å². The van der Waals surface area contributed by atoms with Crippen molar-refractivity contribution in [2.45, 2.75) is 20.3 Å². The molecule has 0 unspecified atom stereocenters. The first-order chi connectivity index (χ1) is 5.02. The van der Waals surface area contributed by atoms with Crippen molar-refractivity contribution in [2.24, 2.45) is 11.7 Å². The molecule has 0 aromatic heterocycles. The van der Waals surface area contributed by atoms with E-state index in [1.54, 1.807) is 0 Å². The van der Waals surface area contributed by atoms with Crippen LogP contribution in [-0.2, 0) is 4.79 Å². The Labute approximate surface area is 72.3 Å². The second-order valence-corrected chi connectivity index (χ2v) is 3.37. The molecule has 0 aliphatic heterocycles. The van der Waals surface area contributed by atoms with Crippen molar-refractivity contribution >= 4 is 23.1 Å². The number of thiocarbonyl (C=S) groups is 1. The lowest BCUT2D eigenvalue weighted by Gasteiger charge is -2.05. The predicted molar refractivity (Wildman–Crippen MR) is 49.3 cm³/mol. The number of amides is 1. The van der Waals surface area contributed by atoms with E-state index in [0.29, 0.717) is 23.9 Å². The van der Waals surface area contributed by atoms with Gasteiger partial charge in [-0.1, -0.05) is 26.1 Å². The summed E-state index contributed by atoms with van der Waals surface area (Å²) in [6, 6.07) is 0. The molecule has 4 heteroatoms. The molecule has 64 valence electrons. The summed E-state index contributed by atoms with van der Waals surface area (Å²) in [4.78, 5) is 11.3. The van der Waals surface area contributed by atoms with Crippen molar-refractivity contribution in [3.63, 3.8) is 0 Å². The number of nitrogens with one attached hydrogen (secondary N) is 1. The van der Waals surface area contributed by atoms with Gasteiger partial charge in [0.05, 0.1) is 11.5 Å². The average molecular weight is 174 g/mol. The fourth-order valence-electron chi connectivity index (χ4n) is 0.629. The van der Waals surface area contributed by atoms with Gasteiger partial charge in [-0.05, 0) is 5.92 Å². The molecule has 0 aromatic rings. The van der Waals surface area contributed by atoms with E-state index in [4.69, 9.17) is 5.73 Å². The molecule has 0 saturated carbocycles. The van der Waals surface area contributed by atoms with Gasteiger partial charge in [-0.25, -0.2) is 0 Å². The maximum absolute atomic E-state index is 10.9. The zero-order valence-corrected chi connectivity index (χ0v) is 7.70. The number of nitrogens with two attached hydrogens (primary N) is 1. The Bertz CT molecular complexity index is 157. The average Bonchev–Trinajstić information content (AvgIpc) is 1.82. The highest BCUT2D eigenvalue weighted by Crippen LogP contribution is 1.97. The Morgan fingerprint density at radius 3 is 2.55 bits per heavy atom. The van der Waals surface area contributed by atoms with Crippen molar-refractivity contribution in [3.8, 4) is 0 Å². The first-order valence-electron chi connectivity index (χ1n) is 3.57. The van der Waals surface area contributed by atoms with E-state index >= 15 is 0 Å². The number of rotatable bonds is 4. The molecule has 0 aliphatic carbocycles. The monoisotopic (exact) mass is 174 g/mol. The van der Waals surface area contributed by atoms with Crippen molar-refractivity contribution in [1.29, 1.82) is 0 Å². The summed E-state index contributed by atoms with van der Waals surface area (Å²) < 4.78 is 0. The number of hydrogen-bond donors (Lipinski definition) is 2. The molecule has 0 radical (unpaired) electrons. The smallest absolute Gasteiger partial charge is 0.220 e. The first kappa shape index (κ1) is 10.4. The van der Waals surface area contributed by atoms with Crippen LogP contribution in [-0.4, -0.2) is 17.4 Å². The molecular weight excluding hydrogens is 160 g/mol. The fraction of sp³-hybridized carbons (Fsp3) is 0.714. The third-order valence-corrected chi connectivity index (χ3v) is 1.20. The molecular formula is C7H14N2OS. The summed E-state index contributed by atoms with van der Waals surface area (Å²) in [6.45, 7) is 4.28. The van der Waals surface area contributed by atoms with Gasteiger partial charge in [-0.2, -0.15) is 0 Å². The summed E-state index contributed by atoms with van der Waals surface area (Å²) in [7, 11) is 0. The molecule has 0 bridgehead atoms. The maximum atomic E-state index is 10.9. The Balaban J connectivity index is 3.45. The van der Waals surface area contributed by atoms with Crippen LogP contribution in [0.15, 0.2) is 0 Å². The Kier molecular flexibility index (Phi) is 4.77. The zero-order valence-electron chi connectivity index (χ0n) is 6.89. The van der Waals surface area contributed by atoms with E-state index in [0.717, 1.165) is 0 Å². The fourth-order valence-corrected chi connectivity index (χ4v) is 0.701. The molecule has 0 heterocycles. The van der Waals surface area contributed by atoms with Crippen LogP contribution in [0.3, 0.4) is 0 Å². The lowest BCUT2D eigenvalue weighted by Crippen LogP contribution is -2.32. The van der Waals surface area contributed by atoms with E-state index < -0.39 is 0 Å². The molecule has 0 aliphatic rings. The SMILES string of the molecule is CC(C)CC(=O)NCC(N)=S. The van der Waals surface area contributed by atoms with Gasteiger partial charge < -0.3 is 11.1 Å². The van der Waals surface area contributed by atoms with Crippen LogP contribution in [0.1, 0.15) is 20.3 Å². The number of carbonyl (C=O) groups is 1. The lowest BCUT2D eigenvalue weighted by molar-refractivity contribution is -0.121.